The summed E-state index contributed by atoms with van der Waals surface area (Å²) in [5.41, 5.74) is 1.37. The van der Waals surface area contributed by atoms with Crippen LogP contribution in [0.15, 0.2) is 42.6 Å². The molecule has 2 aromatic rings. The molecule has 1 aromatic heterocycles. The Hall–Kier alpha value is -2.89. The fourth-order valence-corrected chi connectivity index (χ4v) is 2.29. The van der Waals surface area contributed by atoms with Gasteiger partial charge in [0.05, 0.1) is 12.7 Å². The Morgan fingerprint density at radius 1 is 1.21 bits per heavy atom. The molecule has 0 atom stereocenters. The van der Waals surface area contributed by atoms with Gasteiger partial charge < -0.3 is 14.7 Å². The molecule has 6 nitrogen and oxygen atoms in total. The first kappa shape index (κ1) is 17.5. The lowest BCUT2D eigenvalue weighted by atomic mass is 10.1. The molecule has 6 heteroatoms. The van der Waals surface area contributed by atoms with E-state index >= 15 is 0 Å². The lowest BCUT2D eigenvalue weighted by Crippen LogP contribution is -2.29. The second-order valence-electron chi connectivity index (χ2n) is 5.41. The van der Waals surface area contributed by atoms with Crippen molar-refractivity contribution in [2.24, 2.45) is 0 Å². The molecule has 0 aliphatic heterocycles. The molecule has 2 rings (SSSR count). The zero-order valence-electron chi connectivity index (χ0n) is 13.7. The van der Waals surface area contributed by atoms with Crippen molar-refractivity contribution >= 4 is 11.9 Å². The first-order valence-electron chi connectivity index (χ1n) is 7.59. The van der Waals surface area contributed by atoms with E-state index in [1.165, 1.54) is 23.9 Å². The highest BCUT2D eigenvalue weighted by Gasteiger charge is 2.15. The maximum absolute atomic E-state index is 12.3. The molecular formula is C18H20N2O4. The minimum absolute atomic E-state index is 0.0555. The van der Waals surface area contributed by atoms with Gasteiger partial charge in [-0.25, -0.2) is 4.79 Å². The van der Waals surface area contributed by atoms with Crippen molar-refractivity contribution < 1.29 is 19.4 Å². The summed E-state index contributed by atoms with van der Waals surface area (Å²) in [4.78, 5) is 28.8. The third kappa shape index (κ3) is 4.55. The summed E-state index contributed by atoms with van der Waals surface area (Å²) in [5, 5.41) is 8.97. The quantitative estimate of drug-likeness (QED) is 0.844. The van der Waals surface area contributed by atoms with Crippen molar-refractivity contribution in [2.45, 2.75) is 12.8 Å². The third-order valence-corrected chi connectivity index (χ3v) is 3.69. The molecule has 0 radical (unpaired) electrons. The highest BCUT2D eigenvalue weighted by molar-refractivity contribution is 5.95. The second-order valence-corrected chi connectivity index (χ2v) is 5.41. The van der Waals surface area contributed by atoms with Crippen LogP contribution in [0.5, 0.6) is 5.75 Å². The van der Waals surface area contributed by atoms with Gasteiger partial charge in [-0.05, 0) is 42.7 Å². The van der Waals surface area contributed by atoms with E-state index in [0.29, 0.717) is 6.54 Å². The van der Waals surface area contributed by atoms with Gasteiger partial charge in [0.2, 0.25) is 0 Å². The predicted octanol–water partition coefficient (Wildman–Crippen LogP) is 2.49. The van der Waals surface area contributed by atoms with Crippen molar-refractivity contribution in [2.75, 3.05) is 20.7 Å². The average Bonchev–Trinajstić information content (AvgIpc) is 2.61. The summed E-state index contributed by atoms with van der Waals surface area (Å²) < 4.78 is 5.12. The number of benzene rings is 1. The van der Waals surface area contributed by atoms with Gasteiger partial charge in [0, 0.05) is 19.8 Å². The van der Waals surface area contributed by atoms with Crippen LogP contribution in [-0.4, -0.2) is 47.6 Å². The lowest BCUT2D eigenvalue weighted by Gasteiger charge is -2.16. The van der Waals surface area contributed by atoms with Crippen molar-refractivity contribution in [3.05, 3.63) is 59.4 Å². The van der Waals surface area contributed by atoms with Gasteiger partial charge in [0.15, 0.2) is 0 Å². The summed E-state index contributed by atoms with van der Waals surface area (Å²) in [7, 11) is 3.31. The number of aromatic nitrogens is 1. The van der Waals surface area contributed by atoms with E-state index in [2.05, 4.69) is 4.98 Å². The number of amides is 1. The van der Waals surface area contributed by atoms with Gasteiger partial charge in [0.1, 0.15) is 11.4 Å². The monoisotopic (exact) mass is 328 g/mol. The molecule has 126 valence electrons. The molecule has 0 unspecified atom stereocenters. The van der Waals surface area contributed by atoms with Crippen LogP contribution in [-0.2, 0) is 6.42 Å². The number of carboxylic acids is 1. The molecule has 0 spiro atoms. The summed E-state index contributed by atoms with van der Waals surface area (Å²) in [5.74, 6) is -0.545. The Morgan fingerprint density at radius 2 is 1.92 bits per heavy atom. The van der Waals surface area contributed by atoms with Gasteiger partial charge in [-0.3, -0.25) is 9.78 Å². The van der Waals surface area contributed by atoms with Crippen LogP contribution in [0.4, 0.5) is 0 Å². The number of aromatic carboxylic acids is 1. The molecule has 1 heterocycles. The van der Waals surface area contributed by atoms with E-state index in [1.54, 1.807) is 19.1 Å². The zero-order valence-corrected chi connectivity index (χ0v) is 13.7. The summed E-state index contributed by atoms with van der Waals surface area (Å²) in [6, 6.07) is 10.5. The van der Waals surface area contributed by atoms with Crippen LogP contribution in [0.25, 0.3) is 0 Å². The molecule has 0 saturated heterocycles. The Morgan fingerprint density at radius 3 is 2.54 bits per heavy atom. The summed E-state index contributed by atoms with van der Waals surface area (Å²) >= 11 is 0. The van der Waals surface area contributed by atoms with Crippen LogP contribution in [0.3, 0.4) is 0 Å². The van der Waals surface area contributed by atoms with Crippen molar-refractivity contribution in [3.63, 3.8) is 0 Å². The molecule has 0 fully saturated rings. The van der Waals surface area contributed by atoms with Crippen molar-refractivity contribution in [1.29, 1.82) is 0 Å². The first-order chi connectivity index (χ1) is 11.5. The Labute approximate surface area is 140 Å². The number of nitrogens with zero attached hydrogens (tertiary/aromatic N) is 2. The van der Waals surface area contributed by atoms with Crippen LogP contribution < -0.4 is 4.74 Å². The molecule has 0 aliphatic carbocycles. The molecule has 0 aliphatic rings. The number of ether oxygens (including phenoxy) is 1. The van der Waals surface area contributed by atoms with Crippen molar-refractivity contribution in [1.82, 2.24) is 9.88 Å². The molecule has 1 aromatic carbocycles. The number of hydrogen-bond acceptors (Lipinski definition) is 4. The van der Waals surface area contributed by atoms with Gasteiger partial charge in [-0.2, -0.15) is 0 Å². The average molecular weight is 328 g/mol. The van der Waals surface area contributed by atoms with E-state index in [4.69, 9.17) is 9.84 Å². The minimum Gasteiger partial charge on any atom is -0.497 e. The van der Waals surface area contributed by atoms with Gasteiger partial charge in [0.25, 0.3) is 5.91 Å². The van der Waals surface area contributed by atoms with E-state index in [1.807, 2.05) is 24.3 Å². The van der Waals surface area contributed by atoms with Gasteiger partial charge >= 0.3 is 5.97 Å². The highest BCUT2D eigenvalue weighted by Crippen LogP contribution is 2.13. The Bertz CT molecular complexity index is 713. The number of hydrogen-bond donors (Lipinski definition) is 1. The van der Waals surface area contributed by atoms with E-state index in [0.717, 1.165) is 18.6 Å². The maximum Gasteiger partial charge on any atom is 0.335 e. The predicted molar refractivity (Wildman–Crippen MR) is 89.5 cm³/mol. The van der Waals surface area contributed by atoms with Crippen LogP contribution in [0.1, 0.15) is 32.8 Å². The molecule has 24 heavy (non-hydrogen) atoms. The lowest BCUT2D eigenvalue weighted by molar-refractivity contribution is 0.0696. The fourth-order valence-electron chi connectivity index (χ4n) is 2.29. The van der Waals surface area contributed by atoms with Crippen LogP contribution in [0.2, 0.25) is 0 Å². The highest BCUT2D eigenvalue weighted by atomic mass is 16.5. The minimum atomic E-state index is -1.08. The molecule has 0 saturated carbocycles. The van der Waals surface area contributed by atoms with Crippen molar-refractivity contribution in [3.8, 4) is 5.75 Å². The standard InChI is InChI=1S/C18H20N2O4/c1-20(11-3-4-13-5-7-15(24-2)8-6-13)17(21)16-12-14(18(22)23)9-10-19-16/h5-10,12H,3-4,11H2,1-2H3,(H,22,23). The number of carbonyl (C=O) groups excluding carboxylic acids is 1. The third-order valence-electron chi connectivity index (χ3n) is 3.69. The van der Waals surface area contributed by atoms with Crippen LogP contribution in [0, 0.1) is 0 Å². The Balaban J connectivity index is 1.89. The molecule has 0 bridgehead atoms. The van der Waals surface area contributed by atoms with E-state index in [-0.39, 0.29) is 17.2 Å². The number of carboxylic acid groups (broad SMARTS) is 1. The summed E-state index contributed by atoms with van der Waals surface area (Å²) in [6.45, 7) is 0.559. The molecule has 1 amide bonds. The molecule has 1 N–H and O–H groups in total. The topological polar surface area (TPSA) is 79.7 Å². The van der Waals surface area contributed by atoms with Gasteiger partial charge in [-0.1, -0.05) is 12.1 Å². The number of aryl methyl sites for hydroxylation is 1. The van der Waals surface area contributed by atoms with E-state index < -0.39 is 5.97 Å². The number of rotatable bonds is 7. The number of methoxy groups -OCH3 is 1. The first-order valence-corrected chi connectivity index (χ1v) is 7.59. The number of pyridine rings is 1. The largest absolute Gasteiger partial charge is 0.497 e. The summed E-state index contributed by atoms with van der Waals surface area (Å²) in [6.07, 6.45) is 2.97. The van der Waals surface area contributed by atoms with Gasteiger partial charge in [-0.15, -0.1) is 0 Å². The second kappa shape index (κ2) is 8.10. The zero-order chi connectivity index (χ0) is 17.5. The molecular weight excluding hydrogens is 308 g/mol. The van der Waals surface area contributed by atoms with E-state index in [9.17, 15) is 9.59 Å². The normalized spacial score (nSPS) is 10.2. The fraction of sp³-hybridized carbons (Fsp3) is 0.278. The number of carbonyl (C=O) groups is 2. The Kier molecular flexibility index (Phi) is 5.89. The smallest absolute Gasteiger partial charge is 0.335 e. The maximum atomic E-state index is 12.3. The SMILES string of the molecule is COc1ccc(CCCN(C)C(=O)c2cc(C(=O)O)ccn2)cc1. The van der Waals surface area contributed by atoms with Crippen LogP contribution >= 0.6 is 0 Å².